The highest BCUT2D eigenvalue weighted by Gasteiger charge is 2.14. The highest BCUT2D eigenvalue weighted by molar-refractivity contribution is 7.18. The fraction of sp³-hybridized carbons (Fsp3) is 0.143. The van der Waals surface area contributed by atoms with Gasteiger partial charge < -0.3 is 10.1 Å². The largest absolute Gasteiger partial charge is 0.437 e. The van der Waals surface area contributed by atoms with Crippen LogP contribution in [-0.4, -0.2) is 17.0 Å². The van der Waals surface area contributed by atoms with Crippen LogP contribution >= 0.6 is 34.5 Å². The van der Waals surface area contributed by atoms with E-state index in [0.29, 0.717) is 27.6 Å². The van der Waals surface area contributed by atoms with E-state index in [1.807, 2.05) is 13.0 Å². The third-order valence-corrected chi connectivity index (χ3v) is 4.57. The number of benzene rings is 1. The monoisotopic (exact) mass is 339 g/mol. The molecule has 0 atom stereocenters. The summed E-state index contributed by atoms with van der Waals surface area (Å²) < 4.78 is 5.86. The zero-order valence-corrected chi connectivity index (χ0v) is 13.6. The molecule has 0 saturated carbocycles. The van der Waals surface area contributed by atoms with Crippen LogP contribution in [0.5, 0.6) is 11.6 Å². The summed E-state index contributed by atoms with van der Waals surface area (Å²) in [4.78, 5) is 10.8. The normalized spacial score (nSPS) is 10.9. The van der Waals surface area contributed by atoms with E-state index in [2.05, 4.69) is 15.3 Å². The quantitative estimate of drug-likeness (QED) is 0.717. The Morgan fingerprint density at radius 2 is 2.05 bits per heavy atom. The van der Waals surface area contributed by atoms with Crippen molar-refractivity contribution in [3.63, 3.8) is 0 Å². The van der Waals surface area contributed by atoms with Crippen LogP contribution in [0.4, 0.5) is 5.95 Å². The number of anilines is 1. The molecule has 7 heteroatoms. The molecule has 0 aliphatic carbocycles. The first-order chi connectivity index (χ1) is 10.1. The lowest BCUT2D eigenvalue weighted by atomic mass is 10.3. The predicted octanol–water partition coefficient (Wildman–Crippen LogP) is 5.14. The average molecular weight is 340 g/mol. The number of thiophene rings is 1. The molecular formula is C14H11Cl2N3OS. The third-order valence-electron chi connectivity index (χ3n) is 2.83. The van der Waals surface area contributed by atoms with Gasteiger partial charge in [0, 0.05) is 11.9 Å². The smallest absolute Gasteiger partial charge is 0.232 e. The van der Waals surface area contributed by atoms with Crippen LogP contribution in [0, 0.1) is 6.92 Å². The summed E-state index contributed by atoms with van der Waals surface area (Å²) in [5, 5.41) is 4.58. The molecule has 0 aliphatic rings. The van der Waals surface area contributed by atoms with Crippen molar-refractivity contribution in [1.29, 1.82) is 0 Å². The third kappa shape index (κ3) is 2.77. The van der Waals surface area contributed by atoms with Gasteiger partial charge in [-0.1, -0.05) is 29.3 Å². The summed E-state index contributed by atoms with van der Waals surface area (Å²) in [5.41, 5.74) is 0. The number of fused-ring (bicyclic) bond motifs is 1. The highest BCUT2D eigenvalue weighted by Crippen LogP contribution is 2.38. The molecule has 1 N–H and O–H groups in total. The van der Waals surface area contributed by atoms with Crippen LogP contribution in [0.15, 0.2) is 24.3 Å². The van der Waals surface area contributed by atoms with Gasteiger partial charge in [0.2, 0.25) is 11.8 Å². The fourth-order valence-electron chi connectivity index (χ4n) is 1.87. The van der Waals surface area contributed by atoms with E-state index in [0.717, 1.165) is 15.1 Å². The van der Waals surface area contributed by atoms with Crippen molar-refractivity contribution in [1.82, 2.24) is 9.97 Å². The summed E-state index contributed by atoms with van der Waals surface area (Å²) >= 11 is 13.7. The number of nitrogens with zero attached hydrogens (tertiary/aromatic N) is 2. The van der Waals surface area contributed by atoms with Gasteiger partial charge in [0.05, 0.1) is 10.4 Å². The van der Waals surface area contributed by atoms with Crippen molar-refractivity contribution in [3.05, 3.63) is 39.2 Å². The van der Waals surface area contributed by atoms with Gasteiger partial charge in [-0.2, -0.15) is 4.98 Å². The number of hydrogen-bond acceptors (Lipinski definition) is 5. The van der Waals surface area contributed by atoms with Crippen molar-refractivity contribution in [2.75, 3.05) is 12.4 Å². The summed E-state index contributed by atoms with van der Waals surface area (Å²) in [6.45, 7) is 2.02. The number of nitrogens with one attached hydrogen (secondary N) is 1. The van der Waals surface area contributed by atoms with Gasteiger partial charge in [0.25, 0.3) is 0 Å². The van der Waals surface area contributed by atoms with E-state index >= 15 is 0 Å². The number of hydrogen-bond donors (Lipinski definition) is 1. The Bertz CT molecular complexity index is 819. The zero-order valence-electron chi connectivity index (χ0n) is 11.3. The molecule has 0 amide bonds. The molecule has 1 aromatic carbocycles. The topological polar surface area (TPSA) is 47.0 Å². The van der Waals surface area contributed by atoms with E-state index in [4.69, 9.17) is 27.9 Å². The van der Waals surface area contributed by atoms with Gasteiger partial charge in [-0.15, -0.1) is 11.3 Å². The van der Waals surface area contributed by atoms with Gasteiger partial charge in [-0.25, -0.2) is 4.98 Å². The highest BCUT2D eigenvalue weighted by atomic mass is 35.5. The summed E-state index contributed by atoms with van der Waals surface area (Å²) in [5.74, 6) is 1.42. The van der Waals surface area contributed by atoms with Gasteiger partial charge in [0.15, 0.2) is 0 Å². The molecule has 2 heterocycles. The maximum Gasteiger partial charge on any atom is 0.232 e. The van der Waals surface area contributed by atoms with Crippen molar-refractivity contribution in [2.24, 2.45) is 0 Å². The van der Waals surface area contributed by atoms with Gasteiger partial charge in [-0.05, 0) is 25.1 Å². The molecule has 0 fully saturated rings. The molecule has 0 aliphatic heterocycles. The minimum Gasteiger partial charge on any atom is -0.437 e. The lowest BCUT2D eigenvalue weighted by Crippen LogP contribution is -1.98. The van der Waals surface area contributed by atoms with Crippen molar-refractivity contribution >= 4 is 50.7 Å². The average Bonchev–Trinajstić information content (AvgIpc) is 2.84. The van der Waals surface area contributed by atoms with Crippen LogP contribution in [0.3, 0.4) is 0 Å². The Morgan fingerprint density at radius 1 is 1.24 bits per heavy atom. The summed E-state index contributed by atoms with van der Waals surface area (Å²) in [7, 11) is 1.76. The van der Waals surface area contributed by atoms with E-state index in [1.165, 1.54) is 0 Å². The molecule has 0 saturated heterocycles. The molecule has 2 aromatic heterocycles. The maximum atomic E-state index is 6.16. The molecule has 3 rings (SSSR count). The Kier molecular flexibility index (Phi) is 3.89. The molecule has 0 bridgehead atoms. The molecule has 0 spiro atoms. The Balaban J connectivity index is 2.12. The second kappa shape index (κ2) is 5.67. The number of aryl methyl sites for hydroxylation is 1. The number of rotatable bonds is 3. The SMILES string of the molecule is CNc1nc(Oc2cccc(Cl)c2Cl)c2cc(C)sc2n1. The lowest BCUT2D eigenvalue weighted by Gasteiger charge is -2.09. The first-order valence-electron chi connectivity index (χ1n) is 6.16. The maximum absolute atomic E-state index is 6.16. The minimum atomic E-state index is 0.365. The van der Waals surface area contributed by atoms with Crippen molar-refractivity contribution < 1.29 is 4.74 Å². The molecule has 21 heavy (non-hydrogen) atoms. The van der Waals surface area contributed by atoms with E-state index in [1.54, 1.807) is 36.6 Å². The molecule has 4 nitrogen and oxygen atoms in total. The summed E-state index contributed by atoms with van der Waals surface area (Å²) in [6.07, 6.45) is 0. The Morgan fingerprint density at radius 3 is 2.81 bits per heavy atom. The number of halogens is 2. The van der Waals surface area contributed by atoms with Crippen molar-refractivity contribution in [3.8, 4) is 11.6 Å². The second-order valence-corrected chi connectivity index (χ2v) is 6.35. The number of ether oxygens (including phenoxy) is 1. The van der Waals surface area contributed by atoms with Gasteiger partial charge in [-0.3, -0.25) is 0 Å². The molecule has 108 valence electrons. The van der Waals surface area contributed by atoms with E-state index in [-0.39, 0.29) is 0 Å². The first kappa shape index (κ1) is 14.4. The van der Waals surface area contributed by atoms with Crippen LogP contribution in [-0.2, 0) is 0 Å². The minimum absolute atomic E-state index is 0.365. The molecule has 3 aromatic rings. The summed E-state index contributed by atoms with van der Waals surface area (Å²) in [6, 6.07) is 7.23. The Labute approximate surface area is 135 Å². The van der Waals surface area contributed by atoms with Crippen LogP contribution < -0.4 is 10.1 Å². The standard InChI is InChI=1S/C14H11Cl2N3OS/c1-7-6-8-12(18-14(17-2)19-13(8)21-7)20-10-5-3-4-9(15)11(10)16/h3-6H,1-2H3,(H,17,18,19). The Hall–Kier alpha value is -1.56. The van der Waals surface area contributed by atoms with Crippen molar-refractivity contribution in [2.45, 2.75) is 6.92 Å². The lowest BCUT2D eigenvalue weighted by molar-refractivity contribution is 0.469. The zero-order chi connectivity index (χ0) is 15.0. The second-order valence-electron chi connectivity index (χ2n) is 4.33. The van der Waals surface area contributed by atoms with E-state index in [9.17, 15) is 0 Å². The van der Waals surface area contributed by atoms with Crippen LogP contribution in [0.1, 0.15) is 4.88 Å². The predicted molar refractivity (Wildman–Crippen MR) is 88.2 cm³/mol. The molecule has 0 radical (unpaired) electrons. The van der Waals surface area contributed by atoms with E-state index < -0.39 is 0 Å². The van der Waals surface area contributed by atoms with Crippen LogP contribution in [0.2, 0.25) is 10.0 Å². The fourth-order valence-corrected chi connectivity index (χ4v) is 3.07. The van der Waals surface area contributed by atoms with Gasteiger partial charge >= 0.3 is 0 Å². The number of aromatic nitrogens is 2. The molecular weight excluding hydrogens is 329 g/mol. The van der Waals surface area contributed by atoms with Crippen LogP contribution in [0.25, 0.3) is 10.2 Å². The molecule has 0 unspecified atom stereocenters. The van der Waals surface area contributed by atoms with Gasteiger partial charge in [0.1, 0.15) is 15.6 Å². The first-order valence-corrected chi connectivity index (χ1v) is 7.73.